The molecule has 1 aromatic carbocycles. The van der Waals surface area contributed by atoms with E-state index in [0.717, 1.165) is 5.56 Å². The summed E-state index contributed by atoms with van der Waals surface area (Å²) in [5.41, 5.74) is 1.35. The average molecular weight is 307 g/mol. The van der Waals surface area contributed by atoms with Gasteiger partial charge in [-0.1, -0.05) is 26.7 Å². The van der Waals surface area contributed by atoms with Crippen LogP contribution in [-0.2, 0) is 23.0 Å². The Hall–Kier alpha value is -1.27. The third-order valence-corrected chi connectivity index (χ3v) is 2.65. The lowest BCUT2D eigenvalue weighted by molar-refractivity contribution is -0.135. The van der Waals surface area contributed by atoms with Gasteiger partial charge in [-0.05, 0) is 19.1 Å². The molecule has 0 fully saturated rings. The van der Waals surface area contributed by atoms with Crippen molar-refractivity contribution in [1.82, 2.24) is 0 Å². The van der Waals surface area contributed by atoms with E-state index in [1.165, 1.54) is 0 Å². The summed E-state index contributed by atoms with van der Waals surface area (Å²) in [5.74, 6) is -0.973. The number of hydrogen-bond donors (Lipinski definition) is 3. The normalized spacial score (nSPS) is 13.6. The van der Waals surface area contributed by atoms with E-state index >= 15 is 0 Å². The quantitative estimate of drug-likeness (QED) is 0.538. The highest BCUT2D eigenvalue weighted by atomic mass is 31.1. The van der Waals surface area contributed by atoms with Crippen molar-refractivity contribution in [1.29, 1.82) is 0 Å². The van der Waals surface area contributed by atoms with Crippen LogP contribution in [0.4, 0.5) is 5.69 Å². The van der Waals surface area contributed by atoms with Crippen LogP contribution in [0.15, 0.2) is 24.3 Å². The van der Waals surface area contributed by atoms with Gasteiger partial charge in [0.05, 0.1) is 0 Å². The molecular weight excluding hydrogens is 296 g/mol. The van der Waals surface area contributed by atoms with Crippen molar-refractivity contribution in [2.75, 3.05) is 5.32 Å². The Morgan fingerprint density at radius 2 is 1.63 bits per heavy atom. The molecule has 0 heterocycles. The van der Waals surface area contributed by atoms with Crippen LogP contribution in [0.2, 0.25) is 0 Å². The molecule has 1 amide bonds. The third kappa shape index (κ3) is 5.94. The second kappa shape index (κ2) is 7.35. The summed E-state index contributed by atoms with van der Waals surface area (Å²) in [7, 11) is -6.32. The molecule has 102 valence electrons. The van der Waals surface area contributed by atoms with Crippen LogP contribution >= 0.6 is 16.5 Å². The van der Waals surface area contributed by atoms with Crippen molar-refractivity contribution in [2.45, 2.75) is 13.2 Å². The highest BCUT2D eigenvalue weighted by molar-refractivity contribution is 7.33. The van der Waals surface area contributed by atoms with Gasteiger partial charge in [0, 0.05) is 14.8 Å². The molecule has 8 nitrogen and oxygen atoms in total. The largest absolute Gasteiger partial charge is 0.698 e. The SMILES string of the molecule is Cc1ccc(NC(=O)C(O[P+](=O)O)O[P+](=O)O)cc1. The fourth-order valence-corrected chi connectivity index (χ4v) is 1.79. The van der Waals surface area contributed by atoms with Crippen molar-refractivity contribution in [3.8, 4) is 0 Å². The summed E-state index contributed by atoms with van der Waals surface area (Å²) in [5, 5.41) is 2.31. The number of rotatable bonds is 6. The summed E-state index contributed by atoms with van der Waals surface area (Å²) in [4.78, 5) is 28.7. The van der Waals surface area contributed by atoms with Crippen LogP contribution in [0.3, 0.4) is 0 Å². The molecular formula is C9H11NO7P2+2. The number of benzene rings is 1. The number of carbonyl (C=O) groups is 1. The Labute approximate surface area is 110 Å². The fourth-order valence-electron chi connectivity index (χ4n) is 1.12. The molecule has 2 unspecified atom stereocenters. The lowest BCUT2D eigenvalue weighted by atomic mass is 10.2. The van der Waals surface area contributed by atoms with Gasteiger partial charge in [0.1, 0.15) is 0 Å². The number of aryl methyl sites for hydroxylation is 1. The minimum absolute atomic E-state index is 0.383. The molecule has 0 aliphatic heterocycles. The first-order chi connectivity index (χ1) is 8.88. The van der Waals surface area contributed by atoms with Gasteiger partial charge in [0.2, 0.25) is 0 Å². The average Bonchev–Trinajstić information content (AvgIpc) is 2.30. The van der Waals surface area contributed by atoms with Gasteiger partial charge in [-0.15, -0.1) is 9.79 Å². The van der Waals surface area contributed by atoms with E-state index in [2.05, 4.69) is 14.4 Å². The van der Waals surface area contributed by atoms with Crippen molar-refractivity contribution >= 4 is 28.1 Å². The van der Waals surface area contributed by atoms with Crippen molar-refractivity contribution < 1.29 is 32.8 Å². The Bertz CT molecular complexity index is 474. The number of carbonyl (C=O) groups excluding carboxylic acids is 1. The molecule has 0 aliphatic rings. The van der Waals surface area contributed by atoms with Gasteiger partial charge in [-0.3, -0.25) is 4.79 Å². The van der Waals surface area contributed by atoms with Crippen LogP contribution in [0.1, 0.15) is 5.56 Å². The standard InChI is InChI=1S/C9H9NO7P2/c1-6-2-4-7(5-3-6)10-8(11)9(16-18(12)13)17-19(14)15/h2-5,9H,1H3,(H-2,10,11,12,13,14,15)/p+2. The van der Waals surface area contributed by atoms with Gasteiger partial charge in [0.15, 0.2) is 0 Å². The van der Waals surface area contributed by atoms with Gasteiger partial charge < -0.3 is 5.32 Å². The molecule has 0 radical (unpaired) electrons. The third-order valence-electron chi connectivity index (χ3n) is 1.91. The molecule has 0 saturated carbocycles. The van der Waals surface area contributed by atoms with Crippen LogP contribution < -0.4 is 5.32 Å². The maximum absolute atomic E-state index is 11.6. The first-order valence-electron chi connectivity index (χ1n) is 4.92. The summed E-state index contributed by atoms with van der Waals surface area (Å²) >= 11 is 0. The minimum atomic E-state index is -3.16. The van der Waals surface area contributed by atoms with Gasteiger partial charge in [-0.2, -0.15) is 0 Å². The van der Waals surface area contributed by atoms with Crippen LogP contribution in [-0.4, -0.2) is 22.0 Å². The smallest absolute Gasteiger partial charge is 0.321 e. The van der Waals surface area contributed by atoms with Crippen LogP contribution in [0, 0.1) is 6.92 Å². The summed E-state index contributed by atoms with van der Waals surface area (Å²) in [6, 6.07) is 6.63. The van der Waals surface area contributed by atoms with Gasteiger partial charge in [-0.25, -0.2) is 0 Å². The first kappa shape index (κ1) is 15.8. The summed E-state index contributed by atoms with van der Waals surface area (Å²) in [6.45, 7) is 1.85. The van der Waals surface area contributed by atoms with Gasteiger partial charge >= 0.3 is 22.8 Å². The van der Waals surface area contributed by atoms with Crippen molar-refractivity contribution in [3.63, 3.8) is 0 Å². The predicted molar refractivity (Wildman–Crippen MR) is 65.4 cm³/mol. The van der Waals surface area contributed by atoms with Crippen molar-refractivity contribution in [2.24, 2.45) is 0 Å². The lowest BCUT2D eigenvalue weighted by Gasteiger charge is -2.06. The fraction of sp³-hybridized carbons (Fsp3) is 0.222. The number of amides is 1. The number of anilines is 1. The Morgan fingerprint density at radius 3 is 2.05 bits per heavy atom. The Balaban J connectivity index is 2.73. The van der Waals surface area contributed by atoms with E-state index in [0.29, 0.717) is 5.69 Å². The topological polar surface area (TPSA) is 122 Å². The molecule has 0 aliphatic carbocycles. The Morgan fingerprint density at radius 1 is 1.16 bits per heavy atom. The molecule has 1 aromatic rings. The lowest BCUT2D eigenvalue weighted by Crippen LogP contribution is -2.29. The van der Waals surface area contributed by atoms with Crippen molar-refractivity contribution in [3.05, 3.63) is 29.8 Å². The number of hydrogen-bond acceptors (Lipinski definition) is 5. The predicted octanol–water partition coefficient (Wildman–Crippen LogP) is 1.59. The maximum atomic E-state index is 11.6. The Kier molecular flexibility index (Phi) is 6.11. The summed E-state index contributed by atoms with van der Waals surface area (Å²) in [6.07, 6.45) is -1.96. The van der Waals surface area contributed by atoms with E-state index in [1.54, 1.807) is 24.3 Å². The number of nitrogens with one attached hydrogen (secondary N) is 1. The molecule has 2 atom stereocenters. The first-order valence-corrected chi connectivity index (χ1v) is 7.18. The zero-order valence-electron chi connectivity index (χ0n) is 9.72. The van der Waals surface area contributed by atoms with E-state index in [1.807, 2.05) is 6.92 Å². The molecule has 1 rings (SSSR count). The van der Waals surface area contributed by atoms with E-state index in [4.69, 9.17) is 9.79 Å². The van der Waals surface area contributed by atoms with E-state index in [9.17, 15) is 13.9 Å². The molecule has 0 spiro atoms. The second-order valence-electron chi connectivity index (χ2n) is 3.37. The monoisotopic (exact) mass is 307 g/mol. The van der Waals surface area contributed by atoms with E-state index < -0.39 is 28.7 Å². The molecule has 19 heavy (non-hydrogen) atoms. The zero-order chi connectivity index (χ0) is 14.4. The highest BCUT2D eigenvalue weighted by Gasteiger charge is 2.38. The minimum Gasteiger partial charge on any atom is -0.321 e. The maximum Gasteiger partial charge on any atom is 0.698 e. The summed E-state index contributed by atoms with van der Waals surface area (Å²) < 4.78 is 29.4. The molecule has 0 saturated heterocycles. The molecule has 10 heteroatoms. The molecule has 3 N–H and O–H groups in total. The highest BCUT2D eigenvalue weighted by Crippen LogP contribution is 2.26. The molecule has 0 bridgehead atoms. The van der Waals surface area contributed by atoms with E-state index in [-0.39, 0.29) is 0 Å². The van der Waals surface area contributed by atoms with Gasteiger partial charge in [0.25, 0.3) is 5.91 Å². The van der Waals surface area contributed by atoms with Crippen LogP contribution in [0.25, 0.3) is 0 Å². The van der Waals surface area contributed by atoms with Crippen LogP contribution in [0.5, 0.6) is 0 Å². The molecule has 0 aromatic heterocycles. The second-order valence-corrected chi connectivity index (χ2v) is 4.75. The zero-order valence-corrected chi connectivity index (χ0v) is 11.5.